The molecule has 0 N–H and O–H groups in total. The van der Waals surface area contributed by atoms with Gasteiger partial charge in [0.05, 0.1) is 67.6 Å². The van der Waals surface area contributed by atoms with Crippen molar-refractivity contribution in [1.29, 1.82) is 10.5 Å². The van der Waals surface area contributed by atoms with E-state index in [2.05, 4.69) is 75.9 Å². The van der Waals surface area contributed by atoms with Crippen molar-refractivity contribution in [2.24, 2.45) is 11.8 Å². The normalized spacial score (nSPS) is 13.3. The van der Waals surface area contributed by atoms with Gasteiger partial charge in [-0.1, -0.05) is 64.4 Å². The predicted molar refractivity (Wildman–Crippen MR) is 262 cm³/mol. The first-order valence-corrected chi connectivity index (χ1v) is 23.6. The van der Waals surface area contributed by atoms with E-state index in [-0.39, 0.29) is 40.6 Å². The summed E-state index contributed by atoms with van der Waals surface area (Å²) in [7, 11) is 8.46. The van der Waals surface area contributed by atoms with Crippen LogP contribution in [0.2, 0.25) is 0 Å². The number of likely N-dealkylation sites (N-methyl/N-ethyl adjacent to an activating group) is 2. The number of nitriles is 2. The number of ether oxygens (including phenoxy) is 4. The molecule has 3 atom stereocenters. The number of carbonyl (C=O) groups excluding carboxylic acids is 3. The van der Waals surface area contributed by atoms with E-state index in [1.54, 1.807) is 25.3 Å². The number of rotatable bonds is 27. The topological polar surface area (TPSA) is 142 Å². The smallest absolute Gasteiger partial charge is 0.338 e. The molecule has 367 valence electrons. The molecule has 0 aliphatic carbocycles. The Morgan fingerprint density at radius 2 is 1.21 bits per heavy atom. The van der Waals surface area contributed by atoms with E-state index >= 15 is 0 Å². The molecule has 0 spiro atoms. The maximum atomic E-state index is 13.3. The number of methoxy groups -OCH3 is 3. The van der Waals surface area contributed by atoms with Crippen molar-refractivity contribution in [3.8, 4) is 17.9 Å². The van der Waals surface area contributed by atoms with Crippen LogP contribution in [0.5, 0.6) is 5.75 Å². The van der Waals surface area contributed by atoms with Gasteiger partial charge in [0.25, 0.3) is 0 Å². The summed E-state index contributed by atoms with van der Waals surface area (Å²) in [6, 6.07) is 35.0. The Hall–Kier alpha value is -5.50. The molecule has 11 nitrogen and oxygen atoms in total. The molecule has 0 amide bonds. The van der Waals surface area contributed by atoms with E-state index in [0.717, 1.165) is 92.5 Å². The monoisotopic (exact) mass is 970 g/mol. The van der Waals surface area contributed by atoms with Gasteiger partial charge >= 0.3 is 17.9 Å². The summed E-state index contributed by atoms with van der Waals surface area (Å²) >= 11 is 0. The Bertz CT molecular complexity index is 2340. The van der Waals surface area contributed by atoms with Crippen LogP contribution >= 0.6 is 0 Å². The van der Waals surface area contributed by atoms with Gasteiger partial charge in [-0.25, -0.2) is 14.4 Å². The average molecular weight is 971 g/mol. The minimum absolute atomic E-state index is 0. The molecule has 0 fully saturated rings. The van der Waals surface area contributed by atoms with Gasteiger partial charge in [-0.05, 0) is 149 Å². The number of esters is 3. The van der Waals surface area contributed by atoms with Crippen LogP contribution in [0.1, 0.15) is 125 Å². The molecule has 68 heavy (non-hydrogen) atoms. The molecule has 4 aromatic rings. The van der Waals surface area contributed by atoms with Crippen LogP contribution in [0, 0.1) is 40.6 Å². The molecule has 12 heteroatoms. The molecule has 0 saturated heterocycles. The summed E-state index contributed by atoms with van der Waals surface area (Å²) in [6.07, 6.45) is 6.35. The molecule has 3 unspecified atom stereocenters. The molecule has 0 saturated carbocycles. The van der Waals surface area contributed by atoms with Gasteiger partial charge in [0.15, 0.2) is 0 Å². The van der Waals surface area contributed by atoms with E-state index in [0.29, 0.717) is 48.3 Å². The number of hydrogen-bond donors (Lipinski definition) is 0. The zero-order valence-electron chi connectivity index (χ0n) is 41.6. The predicted octanol–water partition coefficient (Wildman–Crippen LogP) is 9.99. The first-order valence-electron chi connectivity index (χ1n) is 23.6. The second-order valence-electron chi connectivity index (χ2n) is 18.2. The van der Waals surface area contributed by atoms with Crippen LogP contribution in [-0.4, -0.2) is 95.9 Å². The van der Waals surface area contributed by atoms with E-state index in [1.807, 2.05) is 60.7 Å². The number of nitrogens with zero attached hydrogens (tertiary/aromatic N) is 4. The van der Waals surface area contributed by atoms with Gasteiger partial charge in [0.2, 0.25) is 0 Å². The van der Waals surface area contributed by atoms with Gasteiger partial charge in [-0.3, -0.25) is 0 Å². The van der Waals surface area contributed by atoms with E-state index in [9.17, 15) is 24.9 Å². The number of hydrogen-bond acceptors (Lipinski definition) is 11. The number of benzene rings is 4. The van der Waals surface area contributed by atoms with Gasteiger partial charge in [0.1, 0.15) is 0 Å². The number of carbonyl (C=O) groups is 3. The van der Waals surface area contributed by atoms with Crippen LogP contribution in [0.3, 0.4) is 0 Å². The molecule has 4 rings (SSSR count). The average Bonchev–Trinajstić information content (AvgIpc) is 3.34. The minimum Gasteiger partial charge on any atom is -0.523 e. The molecule has 1 radical (unpaired) electrons. The van der Waals surface area contributed by atoms with Crippen LogP contribution in [-0.2, 0) is 61.1 Å². The molecular weight excluding hydrogens is 900 g/mol. The Morgan fingerprint density at radius 3 is 1.74 bits per heavy atom. The van der Waals surface area contributed by atoms with Crippen molar-refractivity contribution in [1.82, 2.24) is 9.80 Å². The molecule has 0 aliphatic rings. The summed E-state index contributed by atoms with van der Waals surface area (Å²) < 4.78 is 21.2. The van der Waals surface area contributed by atoms with Crippen molar-refractivity contribution in [2.75, 3.05) is 68.2 Å². The van der Waals surface area contributed by atoms with Crippen LogP contribution in [0.4, 0.5) is 0 Å². The summed E-state index contributed by atoms with van der Waals surface area (Å²) in [6.45, 7) is 11.7. The van der Waals surface area contributed by atoms with Crippen LogP contribution in [0.25, 0.3) is 0 Å². The quantitative estimate of drug-likeness (QED) is 0.0244. The third kappa shape index (κ3) is 15.5. The molecule has 0 aliphatic heterocycles. The zero-order chi connectivity index (χ0) is 49.0. The summed E-state index contributed by atoms with van der Waals surface area (Å²) in [5, 5.41) is 22.3. The first kappa shape index (κ1) is 56.8. The second-order valence-corrected chi connectivity index (χ2v) is 18.2. The van der Waals surface area contributed by atoms with Gasteiger partial charge < -0.3 is 28.7 Å². The third-order valence-electron chi connectivity index (χ3n) is 13.2. The Morgan fingerprint density at radius 1 is 0.662 bits per heavy atom. The Balaban J connectivity index is 0.0000122. The molecular formula is C56H71CoN4O7-. The SMILES string of the molecule is CCCCOC(=O)c1cccc(CCN(C)CCCC(C#N)(c2cc[c-]c(OC)c2)C(C)Cc2cc(C(=O)OC)cc(C(C#N)(CCCN(C)CCc3cccc(C(=O)OC)c3)C(C)C)c2)c1.[Co]. The molecule has 0 aromatic heterocycles. The third-order valence-corrected chi connectivity index (χ3v) is 13.2. The molecule has 4 aromatic carbocycles. The minimum atomic E-state index is -0.938. The largest absolute Gasteiger partial charge is 0.523 e. The van der Waals surface area contributed by atoms with Crippen LogP contribution < -0.4 is 4.74 Å². The van der Waals surface area contributed by atoms with E-state index in [1.165, 1.54) is 14.2 Å². The Kier molecular flexibility index (Phi) is 23.5. The van der Waals surface area contributed by atoms with Gasteiger partial charge in [-0.2, -0.15) is 22.7 Å². The van der Waals surface area contributed by atoms with Crippen molar-refractivity contribution < 1.29 is 50.1 Å². The fraction of sp³-hybridized carbons (Fsp3) is 0.482. The maximum Gasteiger partial charge on any atom is 0.338 e. The summed E-state index contributed by atoms with van der Waals surface area (Å²) in [4.78, 5) is 42.5. The fourth-order valence-corrected chi connectivity index (χ4v) is 8.93. The number of unbranched alkanes of at least 4 members (excludes halogenated alkanes) is 1. The second kappa shape index (κ2) is 28.1. The standard InChI is InChI=1S/C56H71N4O7.Co/c1-10-11-31-67-54(63)47-20-13-18-44(34-47)24-30-60(6)28-16-26-56(40-58,49-21-14-22-51(38-49)64-7)42(4)32-45-35-48(53(62)66-9)37-50(36-45)55(39-57,41(2)3)25-15-27-59(5)29-23-43-17-12-19-46(33-43)52(61)65-8;/h12-14,17-21,33-38,41-42H,10-11,15-16,23-32H2,1-9H3;/q-1;. The van der Waals surface area contributed by atoms with Gasteiger partial charge in [0, 0.05) is 35.6 Å². The maximum absolute atomic E-state index is 13.3. The van der Waals surface area contributed by atoms with E-state index in [4.69, 9.17) is 18.9 Å². The van der Waals surface area contributed by atoms with Gasteiger partial charge in [-0.15, -0.1) is 17.7 Å². The first-order chi connectivity index (χ1) is 32.2. The molecule has 0 heterocycles. The van der Waals surface area contributed by atoms with Crippen molar-refractivity contribution in [2.45, 2.75) is 96.3 Å². The Labute approximate surface area is 416 Å². The van der Waals surface area contributed by atoms with Crippen LogP contribution in [0.15, 0.2) is 84.9 Å². The summed E-state index contributed by atoms with van der Waals surface area (Å²) in [5.74, 6) is -0.914. The van der Waals surface area contributed by atoms with E-state index < -0.39 is 16.8 Å². The zero-order valence-corrected chi connectivity index (χ0v) is 42.7. The molecule has 0 bridgehead atoms. The van der Waals surface area contributed by atoms with Crippen molar-refractivity contribution in [3.63, 3.8) is 0 Å². The summed E-state index contributed by atoms with van der Waals surface area (Å²) in [5.41, 5.74) is 4.15. The fourth-order valence-electron chi connectivity index (χ4n) is 8.93. The van der Waals surface area contributed by atoms with Crippen molar-refractivity contribution in [3.05, 3.63) is 136 Å². The van der Waals surface area contributed by atoms with Crippen molar-refractivity contribution >= 4 is 17.9 Å².